The Morgan fingerprint density at radius 1 is 1.14 bits per heavy atom. The van der Waals surface area contributed by atoms with Crippen LogP contribution in [0.25, 0.3) is 0 Å². The number of benzene rings is 1. The van der Waals surface area contributed by atoms with E-state index in [-0.39, 0.29) is 5.78 Å². The molecule has 0 spiro atoms. The van der Waals surface area contributed by atoms with E-state index in [4.69, 9.17) is 4.74 Å². The third-order valence-corrected chi connectivity index (χ3v) is 3.10. The van der Waals surface area contributed by atoms with Crippen LogP contribution in [0.3, 0.4) is 0 Å². The summed E-state index contributed by atoms with van der Waals surface area (Å²) in [6, 6.07) is 11.2. The zero-order valence-corrected chi connectivity index (χ0v) is 12.5. The third kappa shape index (κ3) is 4.68. The lowest BCUT2D eigenvalue weighted by Gasteiger charge is -2.15. The number of rotatable bonds is 7. The minimum absolute atomic E-state index is 0.106. The molecule has 0 amide bonds. The molecule has 110 valence electrons. The smallest absolute Gasteiger partial charge is 0.176 e. The average molecular weight is 284 g/mol. The van der Waals surface area contributed by atoms with Gasteiger partial charge in [0.15, 0.2) is 5.78 Å². The van der Waals surface area contributed by atoms with Crippen molar-refractivity contribution in [3.05, 3.63) is 59.9 Å². The Hall–Kier alpha value is -2.20. The summed E-state index contributed by atoms with van der Waals surface area (Å²) in [5.74, 6) is 0.897. The second-order valence-corrected chi connectivity index (χ2v) is 4.91. The van der Waals surface area contributed by atoms with Crippen LogP contribution in [0, 0.1) is 0 Å². The van der Waals surface area contributed by atoms with Gasteiger partial charge in [-0.15, -0.1) is 0 Å². The number of Topliss-reactive ketones (excluding diaryl/α,β-unsaturated/α-hetero) is 1. The van der Waals surface area contributed by atoms with Gasteiger partial charge in [0.2, 0.25) is 0 Å². The first-order valence-corrected chi connectivity index (χ1v) is 7.02. The molecule has 0 N–H and O–H groups in total. The Kier molecular flexibility index (Phi) is 5.46. The Morgan fingerprint density at radius 3 is 2.43 bits per heavy atom. The van der Waals surface area contributed by atoms with Crippen LogP contribution >= 0.6 is 0 Å². The maximum Gasteiger partial charge on any atom is 0.176 e. The fraction of sp³-hybridized carbons (Fsp3) is 0.294. The number of pyridine rings is 1. The monoisotopic (exact) mass is 284 g/mol. The highest BCUT2D eigenvalue weighted by Gasteiger charge is 2.10. The molecule has 1 aromatic heterocycles. The number of hydrogen-bond donors (Lipinski definition) is 0. The maximum atomic E-state index is 12.2. The van der Waals surface area contributed by atoms with Gasteiger partial charge >= 0.3 is 0 Å². The largest absolute Gasteiger partial charge is 0.494 e. The van der Waals surface area contributed by atoms with E-state index in [1.54, 1.807) is 12.4 Å². The Labute approximate surface area is 125 Å². The molecule has 4 heteroatoms. The second kappa shape index (κ2) is 7.55. The van der Waals surface area contributed by atoms with Gasteiger partial charge < -0.3 is 4.74 Å². The molecule has 21 heavy (non-hydrogen) atoms. The van der Waals surface area contributed by atoms with Crippen LogP contribution < -0.4 is 4.74 Å². The van der Waals surface area contributed by atoms with Gasteiger partial charge in [-0.2, -0.15) is 0 Å². The summed E-state index contributed by atoms with van der Waals surface area (Å²) in [5, 5.41) is 0. The van der Waals surface area contributed by atoms with E-state index in [2.05, 4.69) is 4.98 Å². The van der Waals surface area contributed by atoms with Crippen molar-refractivity contribution in [3.8, 4) is 5.75 Å². The quantitative estimate of drug-likeness (QED) is 0.733. The minimum atomic E-state index is 0.106. The fourth-order valence-corrected chi connectivity index (χ4v) is 2.10. The molecule has 0 saturated carbocycles. The Balaban J connectivity index is 1.91. The third-order valence-electron chi connectivity index (χ3n) is 3.10. The number of hydrogen-bond acceptors (Lipinski definition) is 4. The van der Waals surface area contributed by atoms with E-state index in [1.807, 2.05) is 55.3 Å². The van der Waals surface area contributed by atoms with Crippen molar-refractivity contribution in [1.82, 2.24) is 9.88 Å². The lowest BCUT2D eigenvalue weighted by molar-refractivity contribution is 0.0943. The second-order valence-electron chi connectivity index (χ2n) is 4.91. The number of carbonyl (C=O) groups excluding carboxylic acids is 1. The predicted molar refractivity (Wildman–Crippen MR) is 82.5 cm³/mol. The van der Waals surface area contributed by atoms with Crippen LogP contribution in [0.15, 0.2) is 48.8 Å². The number of ketones is 1. The normalized spacial score (nSPS) is 10.6. The van der Waals surface area contributed by atoms with Gasteiger partial charge in [0, 0.05) is 24.5 Å². The number of ether oxygens (including phenoxy) is 1. The average Bonchev–Trinajstić information content (AvgIpc) is 2.49. The number of nitrogens with zero attached hydrogens (tertiary/aromatic N) is 2. The van der Waals surface area contributed by atoms with E-state index >= 15 is 0 Å². The maximum absolute atomic E-state index is 12.2. The van der Waals surface area contributed by atoms with Gasteiger partial charge in [0.1, 0.15) is 5.75 Å². The summed E-state index contributed by atoms with van der Waals surface area (Å²) in [7, 11) is 1.94. The Bertz CT molecular complexity index is 567. The highest BCUT2D eigenvalue weighted by molar-refractivity contribution is 5.97. The zero-order valence-electron chi connectivity index (χ0n) is 12.5. The van der Waals surface area contributed by atoms with Gasteiger partial charge in [-0.1, -0.05) is 0 Å². The molecule has 0 saturated heterocycles. The number of likely N-dealkylation sites (N-methyl/N-ethyl adjacent to an activating group) is 1. The molecule has 0 radical (unpaired) electrons. The molecule has 0 aliphatic rings. The molecule has 0 fully saturated rings. The SMILES string of the molecule is CCOc1ccc(C(=O)CN(C)Cc2ccncc2)cc1. The van der Waals surface area contributed by atoms with Gasteiger partial charge in [0.25, 0.3) is 0 Å². The van der Waals surface area contributed by atoms with Crippen molar-refractivity contribution in [3.63, 3.8) is 0 Å². The van der Waals surface area contributed by atoms with Crippen LogP contribution in [0.5, 0.6) is 5.75 Å². The molecule has 0 aliphatic carbocycles. The lowest BCUT2D eigenvalue weighted by Crippen LogP contribution is -2.25. The van der Waals surface area contributed by atoms with Gasteiger partial charge in [-0.3, -0.25) is 14.7 Å². The van der Waals surface area contributed by atoms with Crippen molar-refractivity contribution in [2.75, 3.05) is 20.2 Å². The molecule has 2 rings (SSSR count). The topological polar surface area (TPSA) is 42.4 Å². The molecule has 1 aromatic carbocycles. The van der Waals surface area contributed by atoms with Crippen molar-refractivity contribution in [1.29, 1.82) is 0 Å². The first-order valence-electron chi connectivity index (χ1n) is 7.02. The van der Waals surface area contributed by atoms with Crippen LogP contribution in [0.1, 0.15) is 22.8 Å². The molecule has 1 heterocycles. The van der Waals surface area contributed by atoms with Crippen LogP contribution in [-0.4, -0.2) is 35.9 Å². The Morgan fingerprint density at radius 2 is 1.81 bits per heavy atom. The van der Waals surface area contributed by atoms with Crippen molar-refractivity contribution in [2.24, 2.45) is 0 Å². The van der Waals surface area contributed by atoms with Crippen LogP contribution in [0.4, 0.5) is 0 Å². The molecular formula is C17H20N2O2. The lowest BCUT2D eigenvalue weighted by atomic mass is 10.1. The summed E-state index contributed by atoms with van der Waals surface area (Å²) in [6.07, 6.45) is 3.52. The van der Waals surface area contributed by atoms with E-state index in [0.717, 1.165) is 17.9 Å². The van der Waals surface area contributed by atoms with Crippen molar-refractivity contribution >= 4 is 5.78 Å². The molecule has 0 aliphatic heterocycles. The van der Waals surface area contributed by atoms with Crippen LogP contribution in [0.2, 0.25) is 0 Å². The predicted octanol–water partition coefficient (Wildman–Crippen LogP) is 2.80. The molecule has 0 unspecified atom stereocenters. The highest BCUT2D eigenvalue weighted by atomic mass is 16.5. The van der Waals surface area contributed by atoms with Crippen molar-refractivity contribution < 1.29 is 9.53 Å². The van der Waals surface area contributed by atoms with E-state index < -0.39 is 0 Å². The summed E-state index contributed by atoms with van der Waals surface area (Å²) in [6.45, 7) is 3.68. The van der Waals surface area contributed by atoms with Gasteiger partial charge in [-0.05, 0) is 55.9 Å². The molecular weight excluding hydrogens is 264 g/mol. The highest BCUT2D eigenvalue weighted by Crippen LogP contribution is 2.13. The standard InChI is InChI=1S/C17H20N2O2/c1-3-21-16-6-4-15(5-7-16)17(20)13-19(2)12-14-8-10-18-11-9-14/h4-11H,3,12-13H2,1-2H3. The summed E-state index contributed by atoms with van der Waals surface area (Å²) < 4.78 is 5.37. The molecule has 0 bridgehead atoms. The van der Waals surface area contributed by atoms with Crippen LogP contribution in [-0.2, 0) is 6.54 Å². The summed E-state index contributed by atoms with van der Waals surface area (Å²) in [4.78, 5) is 18.2. The first-order chi connectivity index (χ1) is 10.2. The van der Waals surface area contributed by atoms with E-state index in [1.165, 1.54) is 0 Å². The molecule has 2 aromatic rings. The zero-order chi connectivity index (χ0) is 15.1. The molecule has 4 nitrogen and oxygen atoms in total. The number of carbonyl (C=O) groups is 1. The van der Waals surface area contributed by atoms with E-state index in [9.17, 15) is 4.79 Å². The summed E-state index contributed by atoms with van der Waals surface area (Å²) >= 11 is 0. The number of aromatic nitrogens is 1. The minimum Gasteiger partial charge on any atom is -0.494 e. The first kappa shape index (κ1) is 15.2. The van der Waals surface area contributed by atoms with E-state index in [0.29, 0.717) is 18.7 Å². The fourth-order valence-electron chi connectivity index (χ4n) is 2.10. The van der Waals surface area contributed by atoms with Gasteiger partial charge in [-0.25, -0.2) is 0 Å². The van der Waals surface area contributed by atoms with Gasteiger partial charge in [0.05, 0.1) is 13.2 Å². The summed E-state index contributed by atoms with van der Waals surface area (Å²) in [5.41, 5.74) is 1.85. The molecule has 0 atom stereocenters. The van der Waals surface area contributed by atoms with Crippen molar-refractivity contribution in [2.45, 2.75) is 13.5 Å².